The van der Waals surface area contributed by atoms with Gasteiger partial charge in [-0.3, -0.25) is 0 Å². The number of aromatic hydroxyl groups is 2. The summed E-state index contributed by atoms with van der Waals surface area (Å²) in [4.78, 5) is 0. The molecule has 0 aromatic heterocycles. The van der Waals surface area contributed by atoms with E-state index in [4.69, 9.17) is 5.11 Å². The minimum Gasteiger partial charge on any atom is -0.508 e. The highest BCUT2D eigenvalue weighted by Crippen LogP contribution is 2.24. The van der Waals surface area contributed by atoms with E-state index < -0.39 is 0 Å². The lowest BCUT2D eigenvalue weighted by atomic mass is 10.1. The van der Waals surface area contributed by atoms with Crippen LogP contribution in [0, 0.1) is 0 Å². The zero-order valence-corrected chi connectivity index (χ0v) is 10.5. The van der Waals surface area contributed by atoms with Crippen LogP contribution in [0.4, 0.5) is 0 Å². The van der Waals surface area contributed by atoms with E-state index in [1.807, 2.05) is 18.2 Å². The van der Waals surface area contributed by atoms with Crippen molar-refractivity contribution >= 4 is 27.0 Å². The van der Waals surface area contributed by atoms with E-state index in [0.29, 0.717) is 0 Å². The predicted molar refractivity (Wildman–Crippen MR) is 76.0 cm³/mol. The van der Waals surface area contributed by atoms with Crippen molar-refractivity contribution in [3.63, 3.8) is 0 Å². The molecule has 0 spiro atoms. The summed E-state index contributed by atoms with van der Waals surface area (Å²) in [5, 5.41) is 18.4. The molecule has 0 radical (unpaired) electrons. The second kappa shape index (κ2) is 6.35. The number of phenols is 2. The van der Waals surface area contributed by atoms with Gasteiger partial charge in [0.15, 0.2) is 0 Å². The summed E-state index contributed by atoms with van der Waals surface area (Å²) in [5.41, 5.74) is 1.91. The molecule has 4 heteroatoms. The van der Waals surface area contributed by atoms with E-state index in [1.165, 1.54) is 0 Å². The molecular formula is C12H14O2S2. The molecule has 0 bridgehead atoms. The van der Waals surface area contributed by atoms with Crippen molar-refractivity contribution in [3.05, 3.63) is 48.5 Å². The van der Waals surface area contributed by atoms with E-state index in [-0.39, 0.29) is 38.5 Å². The molecule has 2 N–H and O–H groups in total. The Morgan fingerprint density at radius 1 is 0.625 bits per heavy atom. The van der Waals surface area contributed by atoms with Crippen LogP contribution in [0.25, 0.3) is 11.1 Å². The summed E-state index contributed by atoms with van der Waals surface area (Å²) >= 11 is 0. The maximum Gasteiger partial charge on any atom is 0.116 e. The van der Waals surface area contributed by atoms with Gasteiger partial charge in [-0.15, -0.1) is 0 Å². The summed E-state index contributed by atoms with van der Waals surface area (Å²) in [7, 11) is 0. The van der Waals surface area contributed by atoms with Gasteiger partial charge in [0.05, 0.1) is 0 Å². The topological polar surface area (TPSA) is 40.5 Å². The molecule has 2 nitrogen and oxygen atoms in total. The average molecular weight is 254 g/mol. The summed E-state index contributed by atoms with van der Waals surface area (Å²) in [6, 6.07) is 13.9. The molecule has 16 heavy (non-hydrogen) atoms. The third-order valence-corrected chi connectivity index (χ3v) is 2.05. The Bertz CT molecular complexity index is 441. The molecule has 0 fully saturated rings. The molecular weight excluding hydrogens is 240 g/mol. The van der Waals surface area contributed by atoms with Gasteiger partial charge in [-0.2, -0.15) is 27.0 Å². The molecule has 0 aliphatic carbocycles. The van der Waals surface area contributed by atoms with E-state index in [0.717, 1.165) is 11.1 Å². The fraction of sp³-hybridized carbons (Fsp3) is 0. The number of phenolic OH excluding ortho intramolecular Hbond substituents is 2. The first-order valence-electron chi connectivity index (χ1n) is 4.34. The first kappa shape index (κ1) is 14.7. The lowest BCUT2D eigenvalue weighted by Gasteiger charge is -2.01. The fourth-order valence-electron chi connectivity index (χ4n) is 1.34. The molecule has 2 aromatic rings. The van der Waals surface area contributed by atoms with Crippen LogP contribution < -0.4 is 0 Å². The standard InChI is InChI=1S/C12H10O2.2H2S/c13-11-6-4-9(5-7-11)10-2-1-3-12(14)8-10;;/h1-8,13-14H;2*1H2. The van der Waals surface area contributed by atoms with Crippen LogP contribution in [0.3, 0.4) is 0 Å². The van der Waals surface area contributed by atoms with E-state index >= 15 is 0 Å². The molecule has 0 atom stereocenters. The van der Waals surface area contributed by atoms with Crippen LogP contribution in [0.15, 0.2) is 48.5 Å². The minimum atomic E-state index is 0. The minimum absolute atomic E-state index is 0. The Morgan fingerprint density at radius 2 is 1.25 bits per heavy atom. The Balaban J connectivity index is 0.00000112. The van der Waals surface area contributed by atoms with Gasteiger partial charge in [0.2, 0.25) is 0 Å². The van der Waals surface area contributed by atoms with Gasteiger partial charge in [-0.1, -0.05) is 24.3 Å². The van der Waals surface area contributed by atoms with Crippen molar-refractivity contribution < 1.29 is 10.2 Å². The van der Waals surface area contributed by atoms with Gasteiger partial charge in [-0.25, -0.2) is 0 Å². The molecule has 0 saturated carbocycles. The normalized spacial score (nSPS) is 8.75. The third-order valence-electron chi connectivity index (χ3n) is 2.05. The van der Waals surface area contributed by atoms with Crippen molar-refractivity contribution in [2.75, 3.05) is 0 Å². The largest absolute Gasteiger partial charge is 0.508 e. The van der Waals surface area contributed by atoms with Crippen LogP contribution in [0.2, 0.25) is 0 Å². The van der Waals surface area contributed by atoms with E-state index in [9.17, 15) is 5.11 Å². The molecule has 0 aliphatic rings. The number of hydrogen-bond acceptors (Lipinski definition) is 2. The van der Waals surface area contributed by atoms with E-state index in [1.54, 1.807) is 30.3 Å². The van der Waals surface area contributed by atoms with Crippen molar-refractivity contribution in [2.45, 2.75) is 0 Å². The van der Waals surface area contributed by atoms with Gasteiger partial charge in [0.25, 0.3) is 0 Å². The van der Waals surface area contributed by atoms with Gasteiger partial charge >= 0.3 is 0 Å². The van der Waals surface area contributed by atoms with Gasteiger partial charge in [-0.05, 0) is 35.4 Å². The lowest BCUT2D eigenvalue weighted by molar-refractivity contribution is 0.475. The van der Waals surface area contributed by atoms with Gasteiger partial charge < -0.3 is 10.2 Å². The number of rotatable bonds is 1. The smallest absolute Gasteiger partial charge is 0.116 e. The monoisotopic (exact) mass is 254 g/mol. The zero-order chi connectivity index (χ0) is 9.97. The van der Waals surface area contributed by atoms with Crippen molar-refractivity contribution in [1.82, 2.24) is 0 Å². The number of benzene rings is 2. The highest BCUT2D eigenvalue weighted by atomic mass is 32.1. The van der Waals surface area contributed by atoms with Gasteiger partial charge in [0.1, 0.15) is 11.5 Å². The number of hydrogen-bond donors (Lipinski definition) is 2. The SMILES string of the molecule is Oc1ccc(-c2cccc(O)c2)cc1.S.S. The van der Waals surface area contributed by atoms with Crippen LogP contribution >= 0.6 is 27.0 Å². The summed E-state index contributed by atoms with van der Waals surface area (Å²) in [5.74, 6) is 0.490. The van der Waals surface area contributed by atoms with Crippen LogP contribution in [-0.4, -0.2) is 10.2 Å². The second-order valence-electron chi connectivity index (χ2n) is 3.10. The quantitative estimate of drug-likeness (QED) is 0.821. The third kappa shape index (κ3) is 3.40. The molecule has 2 rings (SSSR count). The lowest BCUT2D eigenvalue weighted by Crippen LogP contribution is -1.76. The summed E-state index contributed by atoms with van der Waals surface area (Å²) < 4.78 is 0. The first-order chi connectivity index (χ1) is 6.75. The fourth-order valence-corrected chi connectivity index (χ4v) is 1.34. The highest BCUT2D eigenvalue weighted by molar-refractivity contribution is 7.59. The molecule has 0 unspecified atom stereocenters. The molecule has 0 saturated heterocycles. The average Bonchev–Trinajstić information content (AvgIpc) is 2.19. The molecule has 0 heterocycles. The highest BCUT2D eigenvalue weighted by Gasteiger charge is 1.97. The van der Waals surface area contributed by atoms with Crippen molar-refractivity contribution in [1.29, 1.82) is 0 Å². The maximum atomic E-state index is 9.28. The Labute approximate surface area is 108 Å². The zero-order valence-electron chi connectivity index (χ0n) is 8.51. The van der Waals surface area contributed by atoms with E-state index in [2.05, 4.69) is 0 Å². The molecule has 0 aliphatic heterocycles. The van der Waals surface area contributed by atoms with Crippen molar-refractivity contribution in [3.8, 4) is 22.6 Å². The van der Waals surface area contributed by atoms with Crippen LogP contribution in [-0.2, 0) is 0 Å². The first-order valence-corrected chi connectivity index (χ1v) is 4.34. The molecule has 2 aromatic carbocycles. The Kier molecular flexibility index (Phi) is 5.85. The Hall–Kier alpha value is -1.26. The summed E-state index contributed by atoms with van der Waals surface area (Å²) in [6.07, 6.45) is 0. The van der Waals surface area contributed by atoms with Crippen LogP contribution in [0.5, 0.6) is 11.5 Å². The summed E-state index contributed by atoms with van der Waals surface area (Å²) in [6.45, 7) is 0. The maximum absolute atomic E-state index is 9.28. The molecule has 86 valence electrons. The molecule has 0 amide bonds. The predicted octanol–water partition coefficient (Wildman–Crippen LogP) is 2.99. The Morgan fingerprint density at radius 3 is 1.81 bits per heavy atom. The second-order valence-corrected chi connectivity index (χ2v) is 3.10. The van der Waals surface area contributed by atoms with Crippen molar-refractivity contribution in [2.24, 2.45) is 0 Å². The van der Waals surface area contributed by atoms with Gasteiger partial charge in [0, 0.05) is 0 Å². The van der Waals surface area contributed by atoms with Crippen LogP contribution in [0.1, 0.15) is 0 Å².